The third-order valence-corrected chi connectivity index (χ3v) is 3.84. The Morgan fingerprint density at radius 1 is 1.41 bits per heavy atom. The van der Waals surface area contributed by atoms with E-state index in [1.807, 2.05) is 16.1 Å². The van der Waals surface area contributed by atoms with E-state index in [0.717, 1.165) is 22.8 Å². The molecule has 0 saturated heterocycles. The van der Waals surface area contributed by atoms with E-state index in [9.17, 15) is 0 Å². The van der Waals surface area contributed by atoms with Crippen molar-refractivity contribution >= 4 is 16.3 Å². The Labute approximate surface area is 101 Å². The van der Waals surface area contributed by atoms with Gasteiger partial charge in [0.2, 0.25) is 4.96 Å². The highest BCUT2D eigenvalue weighted by atomic mass is 32.1. The van der Waals surface area contributed by atoms with Crippen LogP contribution in [0.5, 0.6) is 5.75 Å². The molecule has 4 nitrogen and oxygen atoms in total. The van der Waals surface area contributed by atoms with Gasteiger partial charge in [0.1, 0.15) is 11.3 Å². The van der Waals surface area contributed by atoms with Gasteiger partial charge >= 0.3 is 0 Å². The minimum atomic E-state index is 0.876. The Morgan fingerprint density at radius 2 is 2.35 bits per heavy atom. The highest BCUT2D eigenvalue weighted by molar-refractivity contribution is 7.14. The molecule has 4 rings (SSSR count). The van der Waals surface area contributed by atoms with E-state index < -0.39 is 0 Å². The highest BCUT2D eigenvalue weighted by Crippen LogP contribution is 2.38. The monoisotopic (exact) mass is 243 g/mol. The van der Waals surface area contributed by atoms with Gasteiger partial charge in [-0.1, -0.05) is 17.4 Å². The zero-order chi connectivity index (χ0) is 11.4. The van der Waals surface area contributed by atoms with Gasteiger partial charge in [-0.3, -0.25) is 0 Å². The second-order valence-corrected chi connectivity index (χ2v) is 4.85. The first-order chi connectivity index (χ1) is 8.36. The van der Waals surface area contributed by atoms with Crippen molar-refractivity contribution in [1.82, 2.24) is 14.6 Å². The van der Waals surface area contributed by atoms with Gasteiger partial charge in [0.05, 0.1) is 18.5 Å². The van der Waals surface area contributed by atoms with E-state index in [1.54, 1.807) is 18.4 Å². The molecule has 84 valence electrons. The van der Waals surface area contributed by atoms with Crippen LogP contribution in [0.4, 0.5) is 0 Å². The second-order valence-electron chi connectivity index (χ2n) is 4.04. The van der Waals surface area contributed by atoms with Crippen molar-refractivity contribution in [2.45, 2.75) is 6.42 Å². The summed E-state index contributed by atoms with van der Waals surface area (Å²) in [5.74, 6) is 0.876. The Hall–Kier alpha value is -1.88. The Kier molecular flexibility index (Phi) is 1.66. The van der Waals surface area contributed by atoms with Crippen molar-refractivity contribution in [2.24, 2.45) is 0 Å². The predicted molar refractivity (Wildman–Crippen MR) is 65.7 cm³/mol. The smallest absolute Gasteiger partial charge is 0.212 e. The average Bonchev–Trinajstić information content (AvgIpc) is 2.99. The second kappa shape index (κ2) is 3.07. The molecule has 0 aliphatic heterocycles. The van der Waals surface area contributed by atoms with Crippen LogP contribution in [0.1, 0.15) is 11.3 Å². The van der Waals surface area contributed by atoms with Crippen molar-refractivity contribution in [3.05, 3.63) is 35.0 Å². The normalized spacial score (nSPS) is 12.8. The van der Waals surface area contributed by atoms with Gasteiger partial charge in [0, 0.05) is 12.0 Å². The van der Waals surface area contributed by atoms with Gasteiger partial charge in [0.25, 0.3) is 0 Å². The summed E-state index contributed by atoms with van der Waals surface area (Å²) in [5, 5.41) is 4.32. The lowest BCUT2D eigenvalue weighted by atomic mass is 10.1. The molecular weight excluding hydrogens is 234 g/mol. The zero-order valence-corrected chi connectivity index (χ0v) is 9.99. The van der Waals surface area contributed by atoms with E-state index >= 15 is 0 Å². The summed E-state index contributed by atoms with van der Waals surface area (Å²) in [5.41, 5.74) is 6.54. The molecule has 5 heteroatoms. The van der Waals surface area contributed by atoms with Gasteiger partial charge in [-0.05, 0) is 17.7 Å². The van der Waals surface area contributed by atoms with Crippen molar-refractivity contribution < 1.29 is 4.74 Å². The van der Waals surface area contributed by atoms with Crippen LogP contribution in [0.25, 0.3) is 16.2 Å². The summed E-state index contributed by atoms with van der Waals surface area (Å²) < 4.78 is 7.20. The molecule has 0 fully saturated rings. The van der Waals surface area contributed by atoms with Crippen LogP contribution < -0.4 is 4.74 Å². The molecule has 1 aromatic carbocycles. The van der Waals surface area contributed by atoms with Crippen LogP contribution in [0.3, 0.4) is 0 Å². The predicted octanol–water partition coefficient (Wildman–Crippen LogP) is 2.37. The van der Waals surface area contributed by atoms with E-state index in [4.69, 9.17) is 4.74 Å². The van der Waals surface area contributed by atoms with Gasteiger partial charge in [-0.2, -0.15) is 5.10 Å². The van der Waals surface area contributed by atoms with Crippen molar-refractivity contribution in [3.63, 3.8) is 0 Å². The molecule has 3 aromatic rings. The molecule has 2 heterocycles. The van der Waals surface area contributed by atoms with Crippen LogP contribution in [-0.4, -0.2) is 21.7 Å². The summed E-state index contributed by atoms with van der Waals surface area (Å²) in [6, 6.07) is 6.15. The number of rotatable bonds is 1. The molecule has 0 saturated carbocycles. The summed E-state index contributed by atoms with van der Waals surface area (Å²) in [7, 11) is 1.69. The summed E-state index contributed by atoms with van der Waals surface area (Å²) >= 11 is 1.57. The molecule has 1 aliphatic carbocycles. The van der Waals surface area contributed by atoms with Crippen molar-refractivity contribution in [1.29, 1.82) is 0 Å². The standard InChI is InChI=1S/C12H9N3OS/c1-16-8-3-2-7-4-10-11(9(7)5-8)14-12-15(10)13-6-17-12/h2-3,5-6H,4H2,1H3. The minimum Gasteiger partial charge on any atom is -0.497 e. The average molecular weight is 243 g/mol. The number of nitrogens with zero attached hydrogens (tertiary/aromatic N) is 3. The summed E-state index contributed by atoms with van der Waals surface area (Å²) in [6.07, 6.45) is 0.902. The molecule has 17 heavy (non-hydrogen) atoms. The molecule has 0 N–H and O–H groups in total. The fourth-order valence-electron chi connectivity index (χ4n) is 2.35. The SMILES string of the molecule is COc1ccc2c(c1)-c1nc3scnn3c1C2. The number of benzene rings is 1. The van der Waals surface area contributed by atoms with Gasteiger partial charge in [-0.15, -0.1) is 0 Å². The molecule has 2 aromatic heterocycles. The molecule has 0 spiro atoms. The zero-order valence-electron chi connectivity index (χ0n) is 9.17. The number of hydrogen-bond donors (Lipinski definition) is 0. The summed E-state index contributed by atoms with van der Waals surface area (Å²) in [6.45, 7) is 0. The number of fused-ring (bicyclic) bond motifs is 5. The fraction of sp³-hybridized carbons (Fsp3) is 0.167. The Morgan fingerprint density at radius 3 is 3.24 bits per heavy atom. The minimum absolute atomic E-state index is 0.876. The highest BCUT2D eigenvalue weighted by Gasteiger charge is 2.25. The Bertz CT molecular complexity index is 729. The quantitative estimate of drug-likeness (QED) is 0.515. The molecular formula is C12H9N3OS. The van der Waals surface area contributed by atoms with Crippen LogP contribution in [0.2, 0.25) is 0 Å². The number of methoxy groups -OCH3 is 1. The number of imidazole rings is 1. The van der Waals surface area contributed by atoms with Gasteiger partial charge < -0.3 is 4.74 Å². The third-order valence-electron chi connectivity index (χ3n) is 3.17. The first-order valence-corrected chi connectivity index (χ1v) is 6.23. The van der Waals surface area contributed by atoms with Crippen molar-refractivity contribution in [3.8, 4) is 17.0 Å². The van der Waals surface area contributed by atoms with Gasteiger partial charge in [0.15, 0.2) is 0 Å². The van der Waals surface area contributed by atoms with E-state index in [1.165, 1.54) is 16.8 Å². The molecule has 1 aliphatic rings. The van der Waals surface area contributed by atoms with Crippen LogP contribution >= 0.6 is 11.3 Å². The van der Waals surface area contributed by atoms with Crippen LogP contribution in [0, 0.1) is 0 Å². The van der Waals surface area contributed by atoms with E-state index in [2.05, 4.69) is 22.2 Å². The fourth-order valence-corrected chi connectivity index (χ4v) is 2.99. The summed E-state index contributed by atoms with van der Waals surface area (Å²) in [4.78, 5) is 5.59. The Balaban J connectivity index is 2.01. The number of hydrogen-bond acceptors (Lipinski definition) is 4. The first-order valence-electron chi connectivity index (χ1n) is 5.35. The molecule has 0 bridgehead atoms. The van der Waals surface area contributed by atoms with Crippen LogP contribution in [-0.2, 0) is 6.42 Å². The lowest BCUT2D eigenvalue weighted by Gasteiger charge is -2.02. The van der Waals surface area contributed by atoms with Crippen molar-refractivity contribution in [2.75, 3.05) is 7.11 Å². The topological polar surface area (TPSA) is 39.4 Å². The molecule has 0 unspecified atom stereocenters. The maximum absolute atomic E-state index is 5.26. The number of ether oxygens (including phenoxy) is 1. The molecule has 0 atom stereocenters. The van der Waals surface area contributed by atoms with Crippen LogP contribution in [0.15, 0.2) is 23.7 Å². The molecule has 0 radical (unpaired) electrons. The lowest BCUT2D eigenvalue weighted by molar-refractivity contribution is 0.415. The first kappa shape index (κ1) is 9.18. The molecule has 0 amide bonds. The number of aromatic nitrogens is 3. The van der Waals surface area contributed by atoms with E-state index in [-0.39, 0.29) is 0 Å². The maximum Gasteiger partial charge on any atom is 0.212 e. The van der Waals surface area contributed by atoms with E-state index in [0.29, 0.717) is 0 Å². The third kappa shape index (κ3) is 1.12. The maximum atomic E-state index is 5.26. The van der Waals surface area contributed by atoms with Gasteiger partial charge in [-0.25, -0.2) is 9.50 Å². The largest absolute Gasteiger partial charge is 0.497 e. The lowest BCUT2D eigenvalue weighted by Crippen LogP contribution is -1.90.